The number of hydrogen-bond donors (Lipinski definition) is 1. The van der Waals surface area contributed by atoms with Crippen molar-refractivity contribution in [1.82, 2.24) is 5.32 Å². The van der Waals surface area contributed by atoms with Crippen molar-refractivity contribution in [2.75, 3.05) is 13.7 Å². The van der Waals surface area contributed by atoms with Crippen LogP contribution in [0.4, 0.5) is 0 Å². The summed E-state index contributed by atoms with van der Waals surface area (Å²) >= 11 is 6.13. The second kappa shape index (κ2) is 8.56. The molecule has 0 spiro atoms. The third-order valence-electron chi connectivity index (χ3n) is 3.34. The zero-order chi connectivity index (χ0) is 16.7. The highest BCUT2D eigenvalue weighted by atomic mass is 35.5. The molecule has 0 saturated heterocycles. The summed E-state index contributed by atoms with van der Waals surface area (Å²) < 4.78 is 10.4. The number of esters is 1. The molecule has 1 N–H and O–H groups in total. The third kappa shape index (κ3) is 5.27. The maximum absolute atomic E-state index is 11.4. The number of nitrogens with one attached hydrogen (secondary N) is 1. The molecule has 23 heavy (non-hydrogen) atoms. The molecule has 0 aliphatic heterocycles. The predicted molar refractivity (Wildman–Crippen MR) is 91.0 cm³/mol. The monoisotopic (exact) mass is 333 g/mol. The molecule has 0 amide bonds. The minimum atomic E-state index is -0.420. The first-order valence-electron chi connectivity index (χ1n) is 7.38. The molecule has 0 aromatic heterocycles. The number of rotatable bonds is 7. The van der Waals surface area contributed by atoms with E-state index in [0.29, 0.717) is 22.9 Å². The van der Waals surface area contributed by atoms with Crippen molar-refractivity contribution in [2.24, 2.45) is 0 Å². The van der Waals surface area contributed by atoms with Gasteiger partial charge in [0.25, 0.3) is 0 Å². The minimum Gasteiger partial charge on any atom is -0.490 e. The van der Waals surface area contributed by atoms with Crippen LogP contribution in [-0.2, 0) is 11.3 Å². The minimum absolute atomic E-state index is 0.159. The number of benzene rings is 2. The zero-order valence-corrected chi connectivity index (χ0v) is 14.0. The van der Waals surface area contributed by atoms with Gasteiger partial charge in [-0.1, -0.05) is 41.9 Å². The molecule has 0 heterocycles. The van der Waals surface area contributed by atoms with Gasteiger partial charge in [-0.25, -0.2) is 4.79 Å². The number of halogens is 1. The summed E-state index contributed by atoms with van der Waals surface area (Å²) in [7, 11) is 1.33. The second-order valence-corrected chi connectivity index (χ2v) is 5.62. The maximum Gasteiger partial charge on any atom is 0.337 e. The lowest BCUT2D eigenvalue weighted by Crippen LogP contribution is -2.31. The van der Waals surface area contributed by atoms with Crippen LogP contribution >= 0.6 is 11.6 Å². The normalized spacial score (nSPS) is 11.8. The highest BCUT2D eigenvalue weighted by Gasteiger charge is 2.10. The summed E-state index contributed by atoms with van der Waals surface area (Å²) in [6, 6.07) is 15.2. The molecule has 2 rings (SSSR count). The molecule has 2 aromatic carbocycles. The zero-order valence-electron chi connectivity index (χ0n) is 13.2. The van der Waals surface area contributed by atoms with E-state index in [9.17, 15) is 4.79 Å². The molecule has 0 saturated carbocycles. The number of carbonyl (C=O) groups is 1. The lowest BCUT2D eigenvalue weighted by atomic mass is 10.2. The molecule has 2 aromatic rings. The fourth-order valence-corrected chi connectivity index (χ4v) is 2.26. The van der Waals surface area contributed by atoms with Gasteiger partial charge in [-0.05, 0) is 30.7 Å². The Hall–Kier alpha value is -2.04. The molecule has 4 nitrogen and oxygen atoms in total. The van der Waals surface area contributed by atoms with Gasteiger partial charge in [-0.3, -0.25) is 0 Å². The van der Waals surface area contributed by atoms with E-state index in [2.05, 4.69) is 22.2 Å². The molecule has 0 bridgehead atoms. The Morgan fingerprint density at radius 2 is 1.96 bits per heavy atom. The van der Waals surface area contributed by atoms with E-state index in [1.165, 1.54) is 12.7 Å². The van der Waals surface area contributed by atoms with Crippen molar-refractivity contribution < 1.29 is 14.3 Å². The van der Waals surface area contributed by atoms with Crippen LogP contribution < -0.4 is 10.1 Å². The van der Waals surface area contributed by atoms with E-state index in [1.807, 2.05) is 25.1 Å². The van der Waals surface area contributed by atoms with E-state index in [-0.39, 0.29) is 6.04 Å². The first-order chi connectivity index (χ1) is 11.1. The summed E-state index contributed by atoms with van der Waals surface area (Å²) in [4.78, 5) is 11.4. The van der Waals surface area contributed by atoms with Gasteiger partial charge in [0.2, 0.25) is 0 Å². The lowest BCUT2D eigenvalue weighted by molar-refractivity contribution is 0.0600. The fourth-order valence-electron chi connectivity index (χ4n) is 2.02. The molecule has 1 atom stereocenters. The maximum atomic E-state index is 11.4. The summed E-state index contributed by atoms with van der Waals surface area (Å²) in [5.74, 6) is 0.129. The summed E-state index contributed by atoms with van der Waals surface area (Å²) in [6.07, 6.45) is 0. The molecule has 0 radical (unpaired) electrons. The Morgan fingerprint density at radius 1 is 1.22 bits per heavy atom. The predicted octanol–water partition coefficient (Wildman–Crippen LogP) is 3.68. The van der Waals surface area contributed by atoms with Crippen molar-refractivity contribution in [1.29, 1.82) is 0 Å². The smallest absolute Gasteiger partial charge is 0.337 e. The summed E-state index contributed by atoms with van der Waals surface area (Å²) in [6.45, 7) is 3.30. The SMILES string of the molecule is COC(=O)c1ccc(OC[C@H](C)NCc2ccccc2)c(Cl)c1. The van der Waals surface area contributed by atoms with Crippen LogP contribution in [0.1, 0.15) is 22.8 Å². The molecule has 0 unspecified atom stereocenters. The number of ether oxygens (including phenoxy) is 2. The Balaban J connectivity index is 1.84. The van der Waals surface area contributed by atoms with Crippen LogP contribution in [0.25, 0.3) is 0 Å². The average molecular weight is 334 g/mol. The lowest BCUT2D eigenvalue weighted by Gasteiger charge is -2.16. The van der Waals surface area contributed by atoms with Gasteiger partial charge in [-0.15, -0.1) is 0 Å². The molecule has 122 valence electrons. The number of carbonyl (C=O) groups excluding carboxylic acids is 1. The van der Waals surface area contributed by atoms with Crippen LogP contribution in [-0.4, -0.2) is 25.7 Å². The van der Waals surface area contributed by atoms with Crippen LogP contribution in [0.3, 0.4) is 0 Å². The van der Waals surface area contributed by atoms with Crippen molar-refractivity contribution in [3.63, 3.8) is 0 Å². The molecule has 0 aliphatic rings. The van der Waals surface area contributed by atoms with Crippen molar-refractivity contribution in [3.8, 4) is 5.75 Å². The van der Waals surface area contributed by atoms with Crippen LogP contribution in [0.15, 0.2) is 48.5 Å². The van der Waals surface area contributed by atoms with Crippen LogP contribution in [0.2, 0.25) is 5.02 Å². The van der Waals surface area contributed by atoms with Crippen LogP contribution in [0, 0.1) is 0 Å². The quantitative estimate of drug-likeness (QED) is 0.785. The molecular formula is C18H20ClNO3. The highest BCUT2D eigenvalue weighted by Crippen LogP contribution is 2.25. The first-order valence-corrected chi connectivity index (χ1v) is 7.76. The number of methoxy groups -OCH3 is 1. The van der Waals surface area contributed by atoms with Gasteiger partial charge in [0.05, 0.1) is 17.7 Å². The summed E-state index contributed by atoms with van der Waals surface area (Å²) in [5.41, 5.74) is 1.62. The van der Waals surface area contributed by atoms with Crippen molar-refractivity contribution in [2.45, 2.75) is 19.5 Å². The molecule has 0 aliphatic carbocycles. The van der Waals surface area contributed by atoms with Gasteiger partial charge in [0, 0.05) is 12.6 Å². The largest absolute Gasteiger partial charge is 0.490 e. The third-order valence-corrected chi connectivity index (χ3v) is 3.63. The Labute approximate surface area is 141 Å². The van der Waals surface area contributed by atoms with E-state index in [4.69, 9.17) is 16.3 Å². The van der Waals surface area contributed by atoms with Gasteiger partial charge in [-0.2, -0.15) is 0 Å². The first kappa shape index (κ1) is 17.3. The van der Waals surface area contributed by atoms with Gasteiger partial charge < -0.3 is 14.8 Å². The second-order valence-electron chi connectivity index (χ2n) is 5.22. The van der Waals surface area contributed by atoms with Crippen molar-refractivity contribution >= 4 is 17.6 Å². The molecular weight excluding hydrogens is 314 g/mol. The van der Waals surface area contributed by atoms with E-state index >= 15 is 0 Å². The van der Waals surface area contributed by atoms with Gasteiger partial charge >= 0.3 is 5.97 Å². The van der Waals surface area contributed by atoms with Gasteiger partial charge in [0.15, 0.2) is 0 Å². The fraction of sp³-hybridized carbons (Fsp3) is 0.278. The number of hydrogen-bond acceptors (Lipinski definition) is 4. The standard InChI is InChI=1S/C18H20ClNO3/c1-13(20-11-14-6-4-3-5-7-14)12-23-17-9-8-15(10-16(17)19)18(21)22-2/h3-10,13,20H,11-12H2,1-2H3/t13-/m0/s1. The van der Waals surface area contributed by atoms with E-state index < -0.39 is 5.97 Å². The highest BCUT2D eigenvalue weighted by molar-refractivity contribution is 6.32. The van der Waals surface area contributed by atoms with Gasteiger partial charge in [0.1, 0.15) is 12.4 Å². The average Bonchev–Trinajstić information content (AvgIpc) is 2.59. The van der Waals surface area contributed by atoms with E-state index in [1.54, 1.807) is 18.2 Å². The Kier molecular flexibility index (Phi) is 6.44. The molecule has 0 fully saturated rings. The van der Waals surface area contributed by atoms with Crippen molar-refractivity contribution in [3.05, 3.63) is 64.7 Å². The molecule has 5 heteroatoms. The Morgan fingerprint density at radius 3 is 2.61 bits per heavy atom. The van der Waals surface area contributed by atoms with Crippen LogP contribution in [0.5, 0.6) is 5.75 Å². The Bertz CT molecular complexity index is 646. The topological polar surface area (TPSA) is 47.6 Å². The summed E-state index contributed by atoms with van der Waals surface area (Å²) in [5, 5.41) is 3.78. The van der Waals surface area contributed by atoms with E-state index in [0.717, 1.165) is 6.54 Å².